The van der Waals surface area contributed by atoms with Gasteiger partial charge in [0.05, 0.1) is 11.0 Å². The van der Waals surface area contributed by atoms with Crippen LogP contribution in [0.3, 0.4) is 0 Å². The highest BCUT2D eigenvalue weighted by molar-refractivity contribution is 9.10. The molecular weight excluding hydrogens is 599 g/mol. The molecule has 1 aliphatic heterocycles. The summed E-state index contributed by atoms with van der Waals surface area (Å²) < 4.78 is 32.8. The lowest BCUT2D eigenvalue weighted by molar-refractivity contribution is -0.192. The molecule has 5 rings (SSSR count). The van der Waals surface area contributed by atoms with Crippen molar-refractivity contribution in [3.05, 3.63) is 87.9 Å². The average molecular weight is 623 g/mol. The summed E-state index contributed by atoms with van der Waals surface area (Å²) >= 11 is 9.70. The van der Waals surface area contributed by atoms with E-state index in [1.54, 1.807) is 0 Å². The molecule has 1 saturated heterocycles. The molecule has 0 bridgehead atoms. The first kappa shape index (κ1) is 28.6. The SMILES string of the molecule is Clc1cccc(CN2CCN(c3nc4ccccc4nc3Nc3cccc(Br)c3)CC2)c1.O=C(O)C(F)(F)F. The number of para-hydroxylation sites is 2. The maximum atomic E-state index is 10.6. The topological polar surface area (TPSA) is 81.6 Å². The van der Waals surface area contributed by atoms with E-state index in [2.05, 4.69) is 37.1 Å². The lowest BCUT2D eigenvalue weighted by Gasteiger charge is -2.36. The number of rotatable bonds is 5. The van der Waals surface area contributed by atoms with E-state index >= 15 is 0 Å². The highest BCUT2D eigenvalue weighted by atomic mass is 79.9. The predicted molar refractivity (Wildman–Crippen MR) is 150 cm³/mol. The summed E-state index contributed by atoms with van der Waals surface area (Å²) in [6, 6.07) is 24.2. The Morgan fingerprint density at radius 2 is 1.59 bits per heavy atom. The third kappa shape index (κ3) is 8.04. The second-order valence-corrected chi connectivity index (χ2v) is 10.1. The first-order chi connectivity index (χ1) is 18.6. The molecule has 39 heavy (non-hydrogen) atoms. The zero-order valence-corrected chi connectivity index (χ0v) is 22.8. The number of benzene rings is 3. The Labute approximate surface area is 236 Å². The fourth-order valence-electron chi connectivity index (χ4n) is 4.01. The minimum absolute atomic E-state index is 0.782. The third-order valence-electron chi connectivity index (χ3n) is 5.85. The Balaban J connectivity index is 0.000000448. The van der Waals surface area contributed by atoms with Gasteiger partial charge < -0.3 is 15.3 Å². The number of anilines is 3. The summed E-state index contributed by atoms with van der Waals surface area (Å²) in [6.45, 7) is 4.59. The summed E-state index contributed by atoms with van der Waals surface area (Å²) in [5, 5.41) is 11.4. The van der Waals surface area contributed by atoms with Gasteiger partial charge in [-0.3, -0.25) is 4.90 Å². The van der Waals surface area contributed by atoms with E-state index in [0.717, 1.165) is 70.6 Å². The fraction of sp³-hybridized carbons (Fsp3) is 0.222. The van der Waals surface area contributed by atoms with Crippen molar-refractivity contribution in [3.8, 4) is 0 Å². The van der Waals surface area contributed by atoms with Gasteiger partial charge in [-0.1, -0.05) is 57.9 Å². The molecule has 3 aromatic carbocycles. The predicted octanol–water partition coefficient (Wildman–Crippen LogP) is 6.74. The van der Waals surface area contributed by atoms with Crippen molar-refractivity contribution < 1.29 is 23.1 Å². The molecule has 0 radical (unpaired) electrons. The van der Waals surface area contributed by atoms with Crippen molar-refractivity contribution in [3.63, 3.8) is 0 Å². The summed E-state index contributed by atoms with van der Waals surface area (Å²) in [7, 11) is 0. The average Bonchev–Trinajstić information content (AvgIpc) is 2.89. The van der Waals surface area contributed by atoms with Crippen molar-refractivity contribution in [2.75, 3.05) is 36.4 Å². The molecule has 0 amide bonds. The lowest BCUT2D eigenvalue weighted by Crippen LogP contribution is -2.46. The van der Waals surface area contributed by atoms with E-state index < -0.39 is 12.1 Å². The molecule has 0 aliphatic carbocycles. The fourth-order valence-corrected chi connectivity index (χ4v) is 4.62. The van der Waals surface area contributed by atoms with Gasteiger partial charge in [-0.15, -0.1) is 0 Å². The number of hydrogen-bond acceptors (Lipinski definition) is 6. The van der Waals surface area contributed by atoms with Gasteiger partial charge >= 0.3 is 12.1 Å². The summed E-state index contributed by atoms with van der Waals surface area (Å²) in [5.74, 6) is -1.08. The summed E-state index contributed by atoms with van der Waals surface area (Å²) in [6.07, 6.45) is -5.08. The molecule has 1 fully saturated rings. The van der Waals surface area contributed by atoms with E-state index in [9.17, 15) is 13.2 Å². The van der Waals surface area contributed by atoms with E-state index in [-0.39, 0.29) is 0 Å². The number of carboxylic acid groups (broad SMARTS) is 1. The second-order valence-electron chi connectivity index (χ2n) is 8.72. The summed E-state index contributed by atoms with van der Waals surface area (Å²) in [5.41, 5.74) is 4.01. The number of alkyl halides is 3. The molecular formula is C27H24BrClF3N5O2. The van der Waals surface area contributed by atoms with Gasteiger partial charge in [0.15, 0.2) is 11.6 Å². The molecule has 2 heterocycles. The molecule has 1 aromatic heterocycles. The van der Waals surface area contributed by atoms with Crippen LogP contribution in [0.25, 0.3) is 11.0 Å². The van der Waals surface area contributed by atoms with Crippen LogP contribution >= 0.6 is 27.5 Å². The minimum atomic E-state index is -5.08. The van der Waals surface area contributed by atoms with Crippen molar-refractivity contribution in [1.82, 2.24) is 14.9 Å². The van der Waals surface area contributed by atoms with Gasteiger partial charge in [-0.05, 0) is 48.0 Å². The van der Waals surface area contributed by atoms with Gasteiger partial charge in [0.25, 0.3) is 0 Å². The maximum absolute atomic E-state index is 10.6. The number of aliphatic carboxylic acids is 1. The van der Waals surface area contributed by atoms with Crippen molar-refractivity contribution in [1.29, 1.82) is 0 Å². The van der Waals surface area contributed by atoms with Crippen LogP contribution in [-0.2, 0) is 11.3 Å². The second kappa shape index (κ2) is 12.6. The Kier molecular flexibility index (Phi) is 9.26. The molecule has 204 valence electrons. The smallest absolute Gasteiger partial charge is 0.475 e. The third-order valence-corrected chi connectivity index (χ3v) is 6.58. The highest BCUT2D eigenvalue weighted by Gasteiger charge is 2.38. The first-order valence-corrected chi connectivity index (χ1v) is 13.1. The van der Waals surface area contributed by atoms with Crippen LogP contribution in [0.5, 0.6) is 0 Å². The summed E-state index contributed by atoms with van der Waals surface area (Å²) in [4.78, 5) is 23.6. The molecule has 0 spiro atoms. The lowest BCUT2D eigenvalue weighted by atomic mass is 10.2. The van der Waals surface area contributed by atoms with Crippen LogP contribution in [0.1, 0.15) is 5.56 Å². The van der Waals surface area contributed by atoms with E-state index in [1.807, 2.05) is 66.7 Å². The highest BCUT2D eigenvalue weighted by Crippen LogP contribution is 2.30. The monoisotopic (exact) mass is 621 g/mol. The van der Waals surface area contributed by atoms with Crippen LogP contribution in [0, 0.1) is 0 Å². The number of halogens is 5. The van der Waals surface area contributed by atoms with E-state index in [1.165, 1.54) is 5.56 Å². The number of nitrogens with zero attached hydrogens (tertiary/aromatic N) is 4. The van der Waals surface area contributed by atoms with Crippen molar-refractivity contribution >= 4 is 61.9 Å². The van der Waals surface area contributed by atoms with Gasteiger partial charge in [-0.25, -0.2) is 14.8 Å². The Bertz CT molecular complexity index is 1450. The number of carboxylic acids is 1. The van der Waals surface area contributed by atoms with Gasteiger partial charge in [-0.2, -0.15) is 13.2 Å². The number of nitrogens with one attached hydrogen (secondary N) is 1. The molecule has 12 heteroatoms. The molecule has 0 saturated carbocycles. The molecule has 7 nitrogen and oxygen atoms in total. The minimum Gasteiger partial charge on any atom is -0.475 e. The van der Waals surface area contributed by atoms with Crippen molar-refractivity contribution in [2.24, 2.45) is 0 Å². The van der Waals surface area contributed by atoms with Crippen LogP contribution in [0.4, 0.5) is 30.5 Å². The number of carbonyl (C=O) groups is 1. The number of hydrogen-bond donors (Lipinski definition) is 2. The van der Waals surface area contributed by atoms with Crippen LogP contribution in [0.2, 0.25) is 5.02 Å². The van der Waals surface area contributed by atoms with Crippen LogP contribution in [-0.4, -0.2) is 58.3 Å². The standard InChI is InChI=1S/C25H23BrClN5.C2HF3O2/c26-19-6-4-8-21(16-19)28-24-25(30-23-10-2-1-9-22(23)29-24)32-13-11-31(12-14-32)17-18-5-3-7-20(27)15-18;3-2(4,5)1(6)7/h1-10,15-16H,11-14,17H2,(H,28,29);(H,6,7). The maximum Gasteiger partial charge on any atom is 0.490 e. The molecule has 0 atom stereocenters. The Hall–Kier alpha value is -3.41. The Morgan fingerprint density at radius 3 is 2.21 bits per heavy atom. The zero-order chi connectivity index (χ0) is 28.0. The van der Waals surface area contributed by atoms with E-state index in [0.29, 0.717) is 0 Å². The van der Waals surface area contributed by atoms with Crippen LogP contribution < -0.4 is 10.2 Å². The van der Waals surface area contributed by atoms with Crippen molar-refractivity contribution in [2.45, 2.75) is 12.7 Å². The number of fused-ring (bicyclic) bond motifs is 1. The van der Waals surface area contributed by atoms with Crippen LogP contribution in [0.15, 0.2) is 77.3 Å². The normalized spacial score (nSPS) is 14.0. The molecule has 4 aromatic rings. The number of piperazine rings is 1. The number of aromatic nitrogens is 2. The quantitative estimate of drug-likeness (QED) is 0.255. The first-order valence-electron chi connectivity index (χ1n) is 11.9. The van der Waals surface area contributed by atoms with E-state index in [4.69, 9.17) is 31.5 Å². The molecule has 1 aliphatic rings. The molecule has 2 N–H and O–H groups in total. The largest absolute Gasteiger partial charge is 0.490 e. The Morgan fingerprint density at radius 1 is 0.949 bits per heavy atom. The van der Waals surface area contributed by atoms with Gasteiger partial charge in [0.1, 0.15) is 0 Å². The van der Waals surface area contributed by atoms with Gasteiger partial charge in [0, 0.05) is 47.9 Å². The molecule has 0 unspecified atom stereocenters. The zero-order valence-electron chi connectivity index (χ0n) is 20.5. The van der Waals surface area contributed by atoms with Gasteiger partial charge in [0.2, 0.25) is 0 Å².